The third-order valence-corrected chi connectivity index (χ3v) is 5.32. The summed E-state index contributed by atoms with van der Waals surface area (Å²) in [5.74, 6) is -0.225. The van der Waals surface area contributed by atoms with E-state index >= 15 is 0 Å². The van der Waals surface area contributed by atoms with Gasteiger partial charge in [0, 0.05) is 0 Å². The highest BCUT2D eigenvalue weighted by molar-refractivity contribution is 5.42. The van der Waals surface area contributed by atoms with Crippen molar-refractivity contribution in [2.75, 3.05) is 19.8 Å². The Morgan fingerprint density at radius 3 is 2.52 bits per heavy atom. The van der Waals surface area contributed by atoms with E-state index in [0.717, 1.165) is 5.56 Å². The maximum Gasteiger partial charge on any atom is 0.229 e. The summed E-state index contributed by atoms with van der Waals surface area (Å²) >= 11 is 0. The van der Waals surface area contributed by atoms with Gasteiger partial charge in [-0.25, -0.2) is 0 Å². The first-order valence-corrected chi connectivity index (χ1v) is 9.74. The van der Waals surface area contributed by atoms with Crippen LogP contribution in [-0.4, -0.2) is 104 Å². The fourth-order valence-electron chi connectivity index (χ4n) is 3.35. The Balaban J connectivity index is 1.67. The van der Waals surface area contributed by atoms with Gasteiger partial charge >= 0.3 is 0 Å². The molecule has 174 valence electrons. The quantitative estimate of drug-likeness (QED) is 0.216. The van der Waals surface area contributed by atoms with Crippen LogP contribution in [-0.2, 0) is 20.6 Å². The van der Waals surface area contributed by atoms with Crippen molar-refractivity contribution in [2.24, 2.45) is 0 Å². The summed E-state index contributed by atoms with van der Waals surface area (Å²) in [6.07, 6.45) is -8.22. The summed E-state index contributed by atoms with van der Waals surface area (Å²) in [6.45, 7) is 2.12. The maximum absolute atomic E-state index is 10.2. The van der Waals surface area contributed by atoms with Gasteiger partial charge < -0.3 is 54.7 Å². The molecular weight excluding hydrogens is 416 g/mol. The molecule has 0 amide bonds. The van der Waals surface area contributed by atoms with Crippen LogP contribution in [0.2, 0.25) is 0 Å². The predicted octanol–water partition coefficient (Wildman–Crippen LogP) is -2.24. The summed E-state index contributed by atoms with van der Waals surface area (Å²) in [6, 6.07) is 4.59. The van der Waals surface area contributed by atoms with Crippen LogP contribution in [0, 0.1) is 0 Å². The first-order valence-electron chi connectivity index (χ1n) is 9.74. The third kappa shape index (κ3) is 5.00. The SMILES string of the molecule is C=CCc1ccc(O)c(OC2OC(COC3OCC(O)(CO)C3O)C(O)C(O)C2O)c1. The van der Waals surface area contributed by atoms with Crippen LogP contribution in [0.15, 0.2) is 30.9 Å². The molecule has 31 heavy (non-hydrogen) atoms. The van der Waals surface area contributed by atoms with Gasteiger partial charge in [0.2, 0.25) is 6.29 Å². The van der Waals surface area contributed by atoms with Crippen LogP contribution in [0.5, 0.6) is 11.5 Å². The van der Waals surface area contributed by atoms with Gasteiger partial charge in [0.25, 0.3) is 0 Å². The fraction of sp³-hybridized carbons (Fsp3) is 0.600. The topological polar surface area (TPSA) is 179 Å². The Hall–Kier alpha value is -1.80. The summed E-state index contributed by atoms with van der Waals surface area (Å²) in [4.78, 5) is 0. The molecule has 0 bridgehead atoms. The molecule has 8 unspecified atom stereocenters. The molecule has 11 heteroatoms. The predicted molar refractivity (Wildman–Crippen MR) is 103 cm³/mol. The van der Waals surface area contributed by atoms with Crippen LogP contribution in [0.4, 0.5) is 0 Å². The molecule has 0 aromatic heterocycles. The van der Waals surface area contributed by atoms with Crippen molar-refractivity contribution in [1.82, 2.24) is 0 Å². The minimum atomic E-state index is -1.88. The van der Waals surface area contributed by atoms with E-state index in [4.69, 9.17) is 18.9 Å². The molecule has 0 aliphatic carbocycles. The Labute approximate surface area is 178 Å². The molecule has 2 fully saturated rings. The average Bonchev–Trinajstić information content (AvgIpc) is 3.04. The molecule has 2 aliphatic heterocycles. The highest BCUT2D eigenvalue weighted by Crippen LogP contribution is 2.32. The van der Waals surface area contributed by atoms with Gasteiger partial charge in [0.05, 0.1) is 19.8 Å². The first kappa shape index (κ1) is 23.9. The van der Waals surface area contributed by atoms with E-state index < -0.39 is 61.9 Å². The number of benzene rings is 1. The number of phenolic OH excluding ortho intramolecular Hbond substituents is 1. The smallest absolute Gasteiger partial charge is 0.229 e. The summed E-state index contributed by atoms with van der Waals surface area (Å²) in [7, 11) is 0. The van der Waals surface area contributed by atoms with Gasteiger partial charge in [-0.05, 0) is 24.1 Å². The molecule has 3 rings (SSSR count). The Morgan fingerprint density at radius 2 is 1.87 bits per heavy atom. The maximum atomic E-state index is 10.2. The number of aliphatic hydroxyl groups is 6. The van der Waals surface area contributed by atoms with Crippen molar-refractivity contribution in [1.29, 1.82) is 0 Å². The van der Waals surface area contributed by atoms with Crippen molar-refractivity contribution in [3.8, 4) is 11.5 Å². The average molecular weight is 444 g/mol. The highest BCUT2D eigenvalue weighted by Gasteiger charge is 2.50. The Morgan fingerprint density at radius 1 is 1.13 bits per heavy atom. The lowest BCUT2D eigenvalue weighted by molar-refractivity contribution is -0.289. The van der Waals surface area contributed by atoms with Crippen LogP contribution < -0.4 is 4.74 Å². The van der Waals surface area contributed by atoms with E-state index in [0.29, 0.717) is 6.42 Å². The van der Waals surface area contributed by atoms with Crippen LogP contribution in [0.3, 0.4) is 0 Å². The Kier molecular flexibility index (Phi) is 7.52. The number of aromatic hydroxyl groups is 1. The summed E-state index contributed by atoms with van der Waals surface area (Å²) in [5, 5.41) is 69.9. The number of phenols is 1. The lowest BCUT2D eigenvalue weighted by Gasteiger charge is -2.40. The summed E-state index contributed by atoms with van der Waals surface area (Å²) in [5.41, 5.74) is -1.11. The highest BCUT2D eigenvalue weighted by atomic mass is 16.7. The normalized spacial score (nSPS) is 38.2. The minimum absolute atomic E-state index is 0.00536. The minimum Gasteiger partial charge on any atom is -0.504 e. The molecule has 2 saturated heterocycles. The lowest BCUT2D eigenvalue weighted by Crippen LogP contribution is -2.60. The molecule has 0 spiro atoms. The zero-order chi connectivity index (χ0) is 22.8. The van der Waals surface area contributed by atoms with Crippen molar-refractivity contribution in [2.45, 2.75) is 55.1 Å². The summed E-state index contributed by atoms with van der Waals surface area (Å²) < 4.78 is 21.5. The lowest BCUT2D eigenvalue weighted by atomic mass is 9.99. The number of aliphatic hydroxyl groups excluding tert-OH is 5. The molecule has 0 radical (unpaired) electrons. The van der Waals surface area contributed by atoms with Crippen molar-refractivity contribution >= 4 is 0 Å². The molecule has 2 heterocycles. The van der Waals surface area contributed by atoms with E-state index in [1.165, 1.54) is 12.1 Å². The second-order valence-corrected chi connectivity index (χ2v) is 7.65. The number of allylic oxidation sites excluding steroid dienone is 1. The third-order valence-electron chi connectivity index (χ3n) is 5.32. The number of ether oxygens (including phenoxy) is 4. The van der Waals surface area contributed by atoms with Crippen molar-refractivity contribution in [3.63, 3.8) is 0 Å². The van der Waals surface area contributed by atoms with E-state index in [9.17, 15) is 35.7 Å². The van der Waals surface area contributed by atoms with E-state index in [-0.39, 0.29) is 18.1 Å². The molecule has 0 saturated carbocycles. The number of rotatable bonds is 8. The molecule has 2 aliphatic rings. The van der Waals surface area contributed by atoms with Gasteiger partial charge in [0.1, 0.15) is 36.1 Å². The monoisotopic (exact) mass is 444 g/mol. The van der Waals surface area contributed by atoms with Crippen LogP contribution in [0.25, 0.3) is 0 Å². The molecule has 1 aromatic rings. The zero-order valence-corrected chi connectivity index (χ0v) is 16.6. The number of hydrogen-bond donors (Lipinski definition) is 7. The molecular formula is C20H28O11. The number of hydrogen-bond acceptors (Lipinski definition) is 11. The molecule has 8 atom stereocenters. The molecule has 7 N–H and O–H groups in total. The van der Waals surface area contributed by atoms with E-state index in [1.807, 2.05) is 0 Å². The van der Waals surface area contributed by atoms with Crippen molar-refractivity contribution < 1.29 is 54.7 Å². The second kappa shape index (κ2) is 9.77. The second-order valence-electron chi connectivity index (χ2n) is 7.65. The first-order chi connectivity index (χ1) is 14.7. The van der Waals surface area contributed by atoms with Gasteiger partial charge in [0.15, 0.2) is 17.8 Å². The van der Waals surface area contributed by atoms with Gasteiger partial charge in [-0.15, -0.1) is 6.58 Å². The standard InChI is InChI=1S/C20H28O11/c1-2-3-10-4-5-11(22)12(6-10)30-18-16(25)15(24)14(23)13(31-18)7-28-19-17(26)20(27,8-21)9-29-19/h2,4-6,13-19,21-27H,1,3,7-9H2. The molecule has 1 aromatic carbocycles. The van der Waals surface area contributed by atoms with E-state index in [1.54, 1.807) is 12.1 Å². The van der Waals surface area contributed by atoms with Crippen LogP contribution in [0.1, 0.15) is 5.56 Å². The molecule has 11 nitrogen and oxygen atoms in total. The zero-order valence-electron chi connectivity index (χ0n) is 16.6. The Bertz CT molecular complexity index is 759. The van der Waals surface area contributed by atoms with Gasteiger partial charge in [-0.3, -0.25) is 0 Å². The van der Waals surface area contributed by atoms with Crippen LogP contribution >= 0.6 is 0 Å². The van der Waals surface area contributed by atoms with Gasteiger partial charge in [-0.1, -0.05) is 12.1 Å². The van der Waals surface area contributed by atoms with Gasteiger partial charge in [-0.2, -0.15) is 0 Å². The van der Waals surface area contributed by atoms with E-state index in [2.05, 4.69) is 6.58 Å². The fourth-order valence-corrected chi connectivity index (χ4v) is 3.35. The van der Waals surface area contributed by atoms with Crippen molar-refractivity contribution in [3.05, 3.63) is 36.4 Å². The largest absolute Gasteiger partial charge is 0.504 e.